The van der Waals surface area contributed by atoms with Gasteiger partial charge in [0, 0.05) is 6.04 Å². The van der Waals surface area contributed by atoms with Crippen molar-refractivity contribution in [2.75, 3.05) is 6.26 Å². The fourth-order valence-electron chi connectivity index (χ4n) is 1.24. The largest absolute Gasteiger partial charge is 0.213 e. The van der Waals surface area contributed by atoms with Crippen molar-refractivity contribution in [2.45, 2.75) is 19.9 Å². The van der Waals surface area contributed by atoms with Crippen LogP contribution in [0.1, 0.15) is 24.1 Å². The molecule has 78 valence electrons. The SMILES string of the molecule is Cc1ccc([C@H](C)NS(C)(=O)=O)cc1. The van der Waals surface area contributed by atoms with E-state index >= 15 is 0 Å². The number of sulfonamides is 1. The van der Waals surface area contributed by atoms with Gasteiger partial charge in [-0.15, -0.1) is 0 Å². The van der Waals surface area contributed by atoms with Gasteiger partial charge in [0.15, 0.2) is 0 Å². The zero-order valence-corrected chi connectivity index (χ0v) is 9.43. The lowest BCUT2D eigenvalue weighted by atomic mass is 10.1. The molecule has 0 aliphatic carbocycles. The first-order valence-corrected chi connectivity index (χ1v) is 6.31. The summed E-state index contributed by atoms with van der Waals surface area (Å²) in [6.45, 7) is 3.82. The number of rotatable bonds is 3. The van der Waals surface area contributed by atoms with Crippen molar-refractivity contribution in [3.05, 3.63) is 35.4 Å². The molecule has 0 heterocycles. The van der Waals surface area contributed by atoms with Gasteiger partial charge in [-0.2, -0.15) is 0 Å². The van der Waals surface area contributed by atoms with Crippen LogP contribution in [-0.4, -0.2) is 14.7 Å². The molecule has 4 heteroatoms. The fourth-order valence-corrected chi connectivity index (χ4v) is 2.02. The number of hydrogen-bond donors (Lipinski definition) is 1. The Bertz CT molecular complexity index is 395. The summed E-state index contributed by atoms with van der Waals surface area (Å²) in [7, 11) is -3.13. The minimum atomic E-state index is -3.13. The number of aryl methyl sites for hydroxylation is 1. The van der Waals surface area contributed by atoms with Gasteiger partial charge in [0.1, 0.15) is 0 Å². The molecule has 0 amide bonds. The van der Waals surface area contributed by atoms with Crippen molar-refractivity contribution in [3.63, 3.8) is 0 Å². The van der Waals surface area contributed by atoms with Crippen LogP contribution in [0.25, 0.3) is 0 Å². The molecule has 0 spiro atoms. The average Bonchev–Trinajstić information content (AvgIpc) is 2.02. The molecular formula is C10H15NO2S. The lowest BCUT2D eigenvalue weighted by Gasteiger charge is -2.12. The summed E-state index contributed by atoms with van der Waals surface area (Å²) in [6.07, 6.45) is 1.16. The van der Waals surface area contributed by atoms with Crippen LogP contribution in [0.15, 0.2) is 24.3 Å². The van der Waals surface area contributed by atoms with E-state index in [0.717, 1.165) is 11.8 Å². The van der Waals surface area contributed by atoms with Crippen LogP contribution in [0.2, 0.25) is 0 Å². The maximum absolute atomic E-state index is 11.0. The highest BCUT2D eigenvalue weighted by molar-refractivity contribution is 7.88. The second-order valence-corrected chi connectivity index (χ2v) is 5.30. The minimum absolute atomic E-state index is 0.175. The molecule has 1 aromatic rings. The molecule has 3 nitrogen and oxygen atoms in total. The molecule has 0 aliphatic heterocycles. The van der Waals surface area contributed by atoms with Crippen LogP contribution in [0.4, 0.5) is 0 Å². The van der Waals surface area contributed by atoms with E-state index in [1.807, 2.05) is 38.1 Å². The van der Waals surface area contributed by atoms with Crippen molar-refractivity contribution in [3.8, 4) is 0 Å². The highest BCUT2D eigenvalue weighted by Crippen LogP contribution is 2.13. The van der Waals surface area contributed by atoms with Crippen molar-refractivity contribution < 1.29 is 8.42 Å². The predicted molar refractivity (Wildman–Crippen MR) is 57.6 cm³/mol. The molecular weight excluding hydrogens is 198 g/mol. The lowest BCUT2D eigenvalue weighted by Crippen LogP contribution is -2.25. The van der Waals surface area contributed by atoms with E-state index < -0.39 is 10.0 Å². The summed E-state index contributed by atoms with van der Waals surface area (Å²) in [5.41, 5.74) is 2.14. The lowest BCUT2D eigenvalue weighted by molar-refractivity contribution is 0.573. The first kappa shape index (κ1) is 11.2. The normalized spacial score (nSPS) is 13.9. The molecule has 1 rings (SSSR count). The Morgan fingerprint density at radius 3 is 2.14 bits per heavy atom. The summed E-state index contributed by atoms with van der Waals surface area (Å²) in [4.78, 5) is 0. The van der Waals surface area contributed by atoms with E-state index in [2.05, 4.69) is 4.72 Å². The van der Waals surface area contributed by atoms with Gasteiger partial charge in [0.2, 0.25) is 10.0 Å². The quantitative estimate of drug-likeness (QED) is 0.829. The summed E-state index contributed by atoms with van der Waals surface area (Å²) in [5.74, 6) is 0. The van der Waals surface area contributed by atoms with E-state index in [1.165, 1.54) is 5.56 Å². The van der Waals surface area contributed by atoms with E-state index in [9.17, 15) is 8.42 Å². The Balaban J connectivity index is 2.80. The van der Waals surface area contributed by atoms with Crippen molar-refractivity contribution in [2.24, 2.45) is 0 Å². The van der Waals surface area contributed by atoms with Gasteiger partial charge in [-0.3, -0.25) is 0 Å². The van der Waals surface area contributed by atoms with Gasteiger partial charge in [0.05, 0.1) is 6.26 Å². The molecule has 1 aromatic carbocycles. The zero-order valence-electron chi connectivity index (χ0n) is 8.61. The second-order valence-electron chi connectivity index (χ2n) is 3.52. The first-order valence-electron chi connectivity index (χ1n) is 4.42. The average molecular weight is 213 g/mol. The Morgan fingerprint density at radius 1 is 1.21 bits per heavy atom. The first-order chi connectivity index (χ1) is 6.38. The van der Waals surface area contributed by atoms with E-state index in [-0.39, 0.29) is 6.04 Å². The van der Waals surface area contributed by atoms with Crippen LogP contribution in [0.5, 0.6) is 0 Å². The summed E-state index contributed by atoms with van der Waals surface area (Å²) in [6, 6.07) is 7.62. The smallest absolute Gasteiger partial charge is 0.209 e. The Labute approximate surface area is 85.2 Å². The van der Waals surface area contributed by atoms with Gasteiger partial charge in [-0.25, -0.2) is 13.1 Å². The Morgan fingerprint density at radius 2 is 1.71 bits per heavy atom. The standard InChI is InChI=1S/C10H15NO2S/c1-8-4-6-10(7-5-8)9(2)11-14(3,12)13/h4-7,9,11H,1-3H3/t9-/m0/s1. The molecule has 0 fully saturated rings. The number of benzene rings is 1. The highest BCUT2D eigenvalue weighted by Gasteiger charge is 2.09. The number of hydrogen-bond acceptors (Lipinski definition) is 2. The highest BCUT2D eigenvalue weighted by atomic mass is 32.2. The second kappa shape index (κ2) is 4.11. The molecule has 0 saturated heterocycles. The monoisotopic (exact) mass is 213 g/mol. The molecule has 1 atom stereocenters. The van der Waals surface area contributed by atoms with Crippen LogP contribution in [-0.2, 0) is 10.0 Å². The Hall–Kier alpha value is -0.870. The summed E-state index contributed by atoms with van der Waals surface area (Å²) >= 11 is 0. The predicted octanol–water partition coefficient (Wildman–Crippen LogP) is 1.61. The molecule has 14 heavy (non-hydrogen) atoms. The van der Waals surface area contributed by atoms with Crippen LogP contribution in [0.3, 0.4) is 0 Å². The molecule has 0 aromatic heterocycles. The van der Waals surface area contributed by atoms with Crippen LogP contribution >= 0.6 is 0 Å². The van der Waals surface area contributed by atoms with Crippen molar-refractivity contribution in [1.82, 2.24) is 4.72 Å². The molecule has 0 radical (unpaired) electrons. The van der Waals surface area contributed by atoms with Crippen LogP contribution in [0, 0.1) is 6.92 Å². The maximum Gasteiger partial charge on any atom is 0.209 e. The Kier molecular flexibility index (Phi) is 3.29. The topological polar surface area (TPSA) is 46.2 Å². The molecule has 0 saturated carbocycles. The molecule has 0 bridgehead atoms. The third-order valence-electron chi connectivity index (χ3n) is 1.97. The summed E-state index contributed by atoms with van der Waals surface area (Å²) < 4.78 is 24.5. The van der Waals surface area contributed by atoms with Gasteiger partial charge in [-0.1, -0.05) is 29.8 Å². The molecule has 1 N–H and O–H groups in total. The minimum Gasteiger partial charge on any atom is -0.213 e. The van der Waals surface area contributed by atoms with Crippen molar-refractivity contribution in [1.29, 1.82) is 0 Å². The summed E-state index contributed by atoms with van der Waals surface area (Å²) in [5, 5.41) is 0. The van der Waals surface area contributed by atoms with Gasteiger partial charge in [0.25, 0.3) is 0 Å². The van der Waals surface area contributed by atoms with E-state index in [1.54, 1.807) is 0 Å². The number of nitrogens with one attached hydrogen (secondary N) is 1. The van der Waals surface area contributed by atoms with Gasteiger partial charge in [-0.05, 0) is 19.4 Å². The van der Waals surface area contributed by atoms with Crippen molar-refractivity contribution >= 4 is 10.0 Å². The zero-order chi connectivity index (χ0) is 10.8. The molecule has 0 aliphatic rings. The molecule has 0 unspecified atom stereocenters. The van der Waals surface area contributed by atoms with Crippen LogP contribution < -0.4 is 4.72 Å². The van der Waals surface area contributed by atoms with Gasteiger partial charge < -0.3 is 0 Å². The van der Waals surface area contributed by atoms with E-state index in [0.29, 0.717) is 0 Å². The van der Waals surface area contributed by atoms with Gasteiger partial charge >= 0.3 is 0 Å². The maximum atomic E-state index is 11.0. The third-order valence-corrected chi connectivity index (χ3v) is 2.75. The third kappa shape index (κ3) is 3.47. The van der Waals surface area contributed by atoms with E-state index in [4.69, 9.17) is 0 Å². The fraction of sp³-hybridized carbons (Fsp3) is 0.400.